The van der Waals surface area contributed by atoms with E-state index >= 15 is 0 Å². The van der Waals surface area contributed by atoms with Gasteiger partial charge in [0.05, 0.1) is 10.4 Å². The van der Waals surface area contributed by atoms with Crippen LogP contribution in [0.15, 0.2) is 35.7 Å². The molecule has 1 unspecified atom stereocenters. The molecule has 25 heavy (non-hydrogen) atoms. The van der Waals surface area contributed by atoms with E-state index in [2.05, 4.69) is 5.32 Å². The molecule has 1 aliphatic rings. The van der Waals surface area contributed by atoms with Gasteiger partial charge in [-0.05, 0) is 48.9 Å². The van der Waals surface area contributed by atoms with E-state index in [4.69, 9.17) is 5.11 Å². The lowest BCUT2D eigenvalue weighted by atomic mass is 10.1. The molecule has 2 heterocycles. The van der Waals surface area contributed by atoms with Crippen LogP contribution >= 0.6 is 11.3 Å². The molecular weight excluding hydrogens is 340 g/mol. The van der Waals surface area contributed by atoms with Crippen molar-refractivity contribution in [3.05, 3.63) is 51.7 Å². The number of anilines is 1. The number of nitrogens with zero attached hydrogens (tertiary/aromatic N) is 1. The monoisotopic (exact) mass is 358 g/mol. The van der Waals surface area contributed by atoms with Crippen LogP contribution in [0.2, 0.25) is 0 Å². The second-order valence-corrected chi connectivity index (χ2v) is 6.91. The number of aryl methyl sites for hydroxylation is 1. The highest BCUT2D eigenvalue weighted by Gasteiger charge is 2.35. The molecule has 1 aliphatic heterocycles. The molecule has 0 spiro atoms. The lowest BCUT2D eigenvalue weighted by Gasteiger charge is -2.24. The molecule has 6 nitrogen and oxygen atoms in total. The molecule has 2 amide bonds. The van der Waals surface area contributed by atoms with Crippen LogP contribution in [-0.4, -0.2) is 40.4 Å². The maximum absolute atomic E-state index is 12.7. The quantitative estimate of drug-likeness (QED) is 0.880. The number of carbonyl (C=O) groups excluding carboxylic acids is 2. The van der Waals surface area contributed by atoms with Gasteiger partial charge in [-0.3, -0.25) is 9.59 Å². The van der Waals surface area contributed by atoms with Crippen molar-refractivity contribution in [2.75, 3.05) is 11.9 Å². The van der Waals surface area contributed by atoms with Crippen LogP contribution in [0, 0.1) is 6.92 Å². The Morgan fingerprint density at radius 3 is 2.76 bits per heavy atom. The first-order valence-corrected chi connectivity index (χ1v) is 8.84. The molecule has 1 atom stereocenters. The zero-order valence-electron chi connectivity index (χ0n) is 13.7. The molecule has 0 radical (unpaired) electrons. The van der Waals surface area contributed by atoms with Crippen molar-refractivity contribution >= 4 is 34.8 Å². The summed E-state index contributed by atoms with van der Waals surface area (Å²) < 4.78 is 0. The van der Waals surface area contributed by atoms with Crippen molar-refractivity contribution in [2.24, 2.45) is 0 Å². The number of benzene rings is 1. The Morgan fingerprint density at radius 2 is 2.08 bits per heavy atom. The van der Waals surface area contributed by atoms with E-state index in [1.54, 1.807) is 24.0 Å². The number of likely N-dealkylation sites (tertiary alicyclic amines) is 1. The van der Waals surface area contributed by atoms with Crippen LogP contribution in [0.3, 0.4) is 0 Å². The molecule has 1 aromatic carbocycles. The third-order valence-corrected chi connectivity index (χ3v) is 5.15. The van der Waals surface area contributed by atoms with E-state index < -0.39 is 12.0 Å². The van der Waals surface area contributed by atoms with Crippen molar-refractivity contribution in [3.63, 3.8) is 0 Å². The van der Waals surface area contributed by atoms with Gasteiger partial charge in [0, 0.05) is 12.2 Å². The van der Waals surface area contributed by atoms with E-state index in [0.717, 1.165) is 12.0 Å². The molecule has 2 N–H and O–H groups in total. The van der Waals surface area contributed by atoms with E-state index in [1.165, 1.54) is 23.5 Å². The standard InChI is InChI=1S/C18H18N2O4S/c1-11-6-7-12(18(23)24)10-13(11)19-16(21)14-4-2-8-20(14)17(22)15-5-3-9-25-15/h3,5-7,9-10,14H,2,4,8H2,1H3,(H,19,21)(H,23,24). The maximum atomic E-state index is 12.7. The normalized spacial score (nSPS) is 16.7. The van der Waals surface area contributed by atoms with Crippen LogP contribution in [-0.2, 0) is 4.79 Å². The average Bonchev–Trinajstić information content (AvgIpc) is 3.27. The van der Waals surface area contributed by atoms with E-state index in [0.29, 0.717) is 23.5 Å². The van der Waals surface area contributed by atoms with Crippen LogP contribution in [0.1, 0.15) is 38.4 Å². The smallest absolute Gasteiger partial charge is 0.335 e. The zero-order valence-corrected chi connectivity index (χ0v) is 14.5. The minimum Gasteiger partial charge on any atom is -0.478 e. The summed E-state index contributed by atoms with van der Waals surface area (Å²) in [5.74, 6) is -1.47. The van der Waals surface area contributed by atoms with Gasteiger partial charge in [0.25, 0.3) is 5.91 Å². The number of hydrogen-bond donors (Lipinski definition) is 2. The highest BCUT2D eigenvalue weighted by molar-refractivity contribution is 7.12. The van der Waals surface area contributed by atoms with Crippen LogP contribution in [0.25, 0.3) is 0 Å². The van der Waals surface area contributed by atoms with Gasteiger partial charge in [-0.1, -0.05) is 12.1 Å². The van der Waals surface area contributed by atoms with Crippen LogP contribution < -0.4 is 5.32 Å². The van der Waals surface area contributed by atoms with Gasteiger partial charge in [-0.15, -0.1) is 11.3 Å². The zero-order chi connectivity index (χ0) is 18.0. The Kier molecular flexibility index (Phi) is 4.85. The Balaban J connectivity index is 1.77. The molecule has 130 valence electrons. The number of carboxylic acids is 1. The van der Waals surface area contributed by atoms with Crippen LogP contribution in [0.5, 0.6) is 0 Å². The molecule has 1 fully saturated rings. The maximum Gasteiger partial charge on any atom is 0.335 e. The molecule has 0 aliphatic carbocycles. The van der Waals surface area contributed by atoms with Crippen molar-refractivity contribution in [1.29, 1.82) is 0 Å². The summed E-state index contributed by atoms with van der Waals surface area (Å²) in [7, 11) is 0. The molecule has 1 aromatic heterocycles. The molecule has 1 saturated heterocycles. The van der Waals surface area contributed by atoms with Gasteiger partial charge in [-0.25, -0.2) is 4.79 Å². The topological polar surface area (TPSA) is 86.7 Å². The van der Waals surface area contributed by atoms with E-state index in [-0.39, 0.29) is 17.4 Å². The summed E-state index contributed by atoms with van der Waals surface area (Å²) in [6.07, 6.45) is 1.37. The number of amides is 2. The third kappa shape index (κ3) is 3.56. The fourth-order valence-electron chi connectivity index (χ4n) is 2.93. The number of hydrogen-bond acceptors (Lipinski definition) is 4. The first-order valence-electron chi connectivity index (χ1n) is 7.96. The van der Waals surface area contributed by atoms with Crippen molar-refractivity contribution in [3.8, 4) is 0 Å². The second kappa shape index (κ2) is 7.06. The van der Waals surface area contributed by atoms with Gasteiger partial charge in [-0.2, -0.15) is 0 Å². The van der Waals surface area contributed by atoms with E-state index in [9.17, 15) is 14.4 Å². The summed E-state index contributed by atoms with van der Waals surface area (Å²) in [6.45, 7) is 2.34. The summed E-state index contributed by atoms with van der Waals surface area (Å²) in [6, 6.07) is 7.61. The number of carboxylic acid groups (broad SMARTS) is 1. The predicted octanol–water partition coefficient (Wildman–Crippen LogP) is 3.00. The van der Waals surface area contributed by atoms with Crippen molar-refractivity contribution in [2.45, 2.75) is 25.8 Å². The Hall–Kier alpha value is -2.67. The fraction of sp³-hybridized carbons (Fsp3) is 0.278. The first kappa shape index (κ1) is 17.2. The highest BCUT2D eigenvalue weighted by atomic mass is 32.1. The lowest BCUT2D eigenvalue weighted by molar-refractivity contribution is -0.119. The van der Waals surface area contributed by atoms with Gasteiger partial charge in [0.2, 0.25) is 5.91 Å². The molecule has 2 aromatic rings. The second-order valence-electron chi connectivity index (χ2n) is 5.96. The summed E-state index contributed by atoms with van der Waals surface area (Å²) in [4.78, 5) is 38.6. The van der Waals surface area contributed by atoms with Gasteiger partial charge < -0.3 is 15.3 Å². The number of rotatable bonds is 4. The minimum atomic E-state index is -1.05. The van der Waals surface area contributed by atoms with Crippen LogP contribution in [0.4, 0.5) is 5.69 Å². The molecule has 0 bridgehead atoms. The minimum absolute atomic E-state index is 0.110. The average molecular weight is 358 g/mol. The Morgan fingerprint density at radius 1 is 1.28 bits per heavy atom. The van der Waals surface area contributed by atoms with Crippen molar-refractivity contribution in [1.82, 2.24) is 4.90 Å². The number of nitrogens with one attached hydrogen (secondary N) is 1. The first-order chi connectivity index (χ1) is 12.0. The summed E-state index contributed by atoms with van der Waals surface area (Å²) >= 11 is 1.36. The van der Waals surface area contributed by atoms with Gasteiger partial charge in [0.1, 0.15) is 6.04 Å². The molecule has 3 rings (SSSR count). The van der Waals surface area contributed by atoms with E-state index in [1.807, 2.05) is 11.4 Å². The number of thiophene rings is 1. The molecule has 0 saturated carbocycles. The largest absolute Gasteiger partial charge is 0.478 e. The number of aromatic carboxylic acids is 1. The summed E-state index contributed by atoms with van der Waals surface area (Å²) in [5.41, 5.74) is 1.34. The lowest BCUT2D eigenvalue weighted by Crippen LogP contribution is -2.43. The highest BCUT2D eigenvalue weighted by Crippen LogP contribution is 2.24. The Bertz CT molecular complexity index is 816. The number of carbonyl (C=O) groups is 3. The predicted molar refractivity (Wildman–Crippen MR) is 95.1 cm³/mol. The third-order valence-electron chi connectivity index (χ3n) is 4.29. The molecular formula is C18H18N2O4S. The Labute approximate surface area is 149 Å². The SMILES string of the molecule is Cc1ccc(C(=O)O)cc1NC(=O)C1CCCN1C(=O)c1cccs1. The molecule has 7 heteroatoms. The summed E-state index contributed by atoms with van der Waals surface area (Å²) in [5, 5.41) is 13.7. The van der Waals surface area contributed by atoms with Gasteiger partial charge >= 0.3 is 5.97 Å². The fourth-order valence-corrected chi connectivity index (χ4v) is 3.61. The van der Waals surface area contributed by atoms with Crippen molar-refractivity contribution < 1.29 is 19.5 Å². The van der Waals surface area contributed by atoms with Gasteiger partial charge in [0.15, 0.2) is 0 Å².